The zero-order valence-electron chi connectivity index (χ0n) is 10.9. The number of carbonyl (C=O) groups is 2. The Kier molecular flexibility index (Phi) is 4.00. The summed E-state index contributed by atoms with van der Waals surface area (Å²) in [5.41, 5.74) is 1.35. The van der Waals surface area contributed by atoms with Gasteiger partial charge in [0.2, 0.25) is 0 Å². The van der Waals surface area contributed by atoms with E-state index in [1.165, 1.54) is 6.07 Å². The van der Waals surface area contributed by atoms with Crippen molar-refractivity contribution in [2.45, 2.75) is 6.92 Å². The molecular formula is C15H14N2O3. The molecule has 3 N–H and O–H groups in total. The lowest BCUT2D eigenvalue weighted by molar-refractivity contribution is -0.133. The summed E-state index contributed by atoms with van der Waals surface area (Å²) in [5.74, 6) is -1.68. The molecule has 20 heavy (non-hydrogen) atoms. The first-order valence-electron chi connectivity index (χ1n) is 6.04. The molecule has 0 radical (unpaired) electrons. The van der Waals surface area contributed by atoms with Gasteiger partial charge in [-0.1, -0.05) is 30.3 Å². The van der Waals surface area contributed by atoms with Gasteiger partial charge in [0.15, 0.2) is 0 Å². The Morgan fingerprint density at radius 3 is 2.25 bits per heavy atom. The van der Waals surface area contributed by atoms with E-state index >= 15 is 0 Å². The molecule has 102 valence electrons. The van der Waals surface area contributed by atoms with E-state index in [-0.39, 0.29) is 11.4 Å². The second kappa shape index (κ2) is 5.88. The summed E-state index contributed by atoms with van der Waals surface area (Å²) in [6.45, 7) is 1.70. The molecule has 0 aromatic heterocycles. The maximum Gasteiger partial charge on any atom is 0.314 e. The average molecular weight is 270 g/mol. The molecule has 0 bridgehead atoms. The third kappa shape index (κ3) is 3.14. The maximum atomic E-state index is 11.7. The third-order valence-electron chi connectivity index (χ3n) is 2.72. The number of para-hydroxylation sites is 2. The summed E-state index contributed by atoms with van der Waals surface area (Å²) >= 11 is 0. The zero-order chi connectivity index (χ0) is 14.5. The molecule has 0 saturated heterocycles. The number of phenols is 1. The number of nitrogens with one attached hydrogen (secondary N) is 2. The smallest absolute Gasteiger partial charge is 0.314 e. The van der Waals surface area contributed by atoms with Gasteiger partial charge in [-0.2, -0.15) is 0 Å². The first-order chi connectivity index (χ1) is 9.58. The van der Waals surface area contributed by atoms with Crippen molar-refractivity contribution in [3.8, 4) is 5.75 Å². The van der Waals surface area contributed by atoms with Crippen LogP contribution in [0.5, 0.6) is 5.75 Å². The van der Waals surface area contributed by atoms with Crippen molar-refractivity contribution in [3.63, 3.8) is 0 Å². The number of hydrogen-bond donors (Lipinski definition) is 3. The molecule has 0 aliphatic heterocycles. The van der Waals surface area contributed by atoms with Crippen LogP contribution in [0.4, 0.5) is 11.4 Å². The summed E-state index contributed by atoms with van der Waals surface area (Å²) in [5, 5.41) is 14.6. The lowest BCUT2D eigenvalue weighted by atomic mass is 10.2. The molecule has 0 heterocycles. The highest BCUT2D eigenvalue weighted by Gasteiger charge is 2.15. The van der Waals surface area contributed by atoms with Crippen LogP contribution >= 0.6 is 0 Å². The monoisotopic (exact) mass is 270 g/mol. The van der Waals surface area contributed by atoms with E-state index in [9.17, 15) is 14.7 Å². The summed E-state index contributed by atoms with van der Waals surface area (Å²) in [6, 6.07) is 13.6. The number of aromatic hydroxyl groups is 1. The zero-order valence-corrected chi connectivity index (χ0v) is 10.9. The van der Waals surface area contributed by atoms with Crippen LogP contribution in [-0.4, -0.2) is 16.9 Å². The molecule has 2 amide bonds. The van der Waals surface area contributed by atoms with Crippen LogP contribution in [0.3, 0.4) is 0 Å². The molecule has 0 atom stereocenters. The van der Waals surface area contributed by atoms with Crippen molar-refractivity contribution in [1.82, 2.24) is 0 Å². The van der Waals surface area contributed by atoms with Crippen LogP contribution in [-0.2, 0) is 9.59 Å². The van der Waals surface area contributed by atoms with Gasteiger partial charge in [-0.05, 0) is 30.7 Å². The van der Waals surface area contributed by atoms with Crippen molar-refractivity contribution >= 4 is 23.2 Å². The summed E-state index contributed by atoms with van der Waals surface area (Å²) < 4.78 is 0. The van der Waals surface area contributed by atoms with E-state index < -0.39 is 11.8 Å². The van der Waals surface area contributed by atoms with E-state index in [4.69, 9.17) is 0 Å². The fraction of sp³-hybridized carbons (Fsp3) is 0.0667. The summed E-state index contributed by atoms with van der Waals surface area (Å²) in [6.07, 6.45) is 0. The van der Waals surface area contributed by atoms with Gasteiger partial charge in [-0.3, -0.25) is 9.59 Å². The van der Waals surface area contributed by atoms with Gasteiger partial charge in [0, 0.05) is 5.69 Å². The number of phenolic OH excluding ortho intramolecular Hbond substituents is 1. The van der Waals surface area contributed by atoms with Crippen molar-refractivity contribution in [2.24, 2.45) is 0 Å². The molecule has 0 aliphatic carbocycles. The highest BCUT2D eigenvalue weighted by atomic mass is 16.3. The standard InChI is InChI=1S/C15H14N2O3/c1-10-6-5-9-12(13(10)18)17-15(20)14(19)16-11-7-3-2-4-8-11/h2-9,18H,1H3,(H,16,19)(H,17,20). The summed E-state index contributed by atoms with van der Waals surface area (Å²) in [4.78, 5) is 23.5. The number of amides is 2. The van der Waals surface area contributed by atoms with Crippen LogP contribution in [0.1, 0.15) is 5.56 Å². The SMILES string of the molecule is Cc1cccc(NC(=O)C(=O)Nc2ccccc2)c1O. The van der Waals surface area contributed by atoms with Crippen LogP contribution in [0.25, 0.3) is 0 Å². The topological polar surface area (TPSA) is 78.4 Å². The molecule has 0 aliphatic rings. The Bertz CT molecular complexity index is 639. The molecule has 0 spiro atoms. The van der Waals surface area contributed by atoms with Crippen molar-refractivity contribution in [1.29, 1.82) is 0 Å². The Balaban J connectivity index is 2.05. The Morgan fingerprint density at radius 1 is 0.900 bits per heavy atom. The van der Waals surface area contributed by atoms with Crippen LogP contribution < -0.4 is 10.6 Å². The van der Waals surface area contributed by atoms with Gasteiger partial charge in [-0.25, -0.2) is 0 Å². The quantitative estimate of drug-likeness (QED) is 0.578. The van der Waals surface area contributed by atoms with E-state index in [2.05, 4.69) is 10.6 Å². The highest BCUT2D eigenvalue weighted by Crippen LogP contribution is 2.26. The first-order valence-corrected chi connectivity index (χ1v) is 6.04. The molecule has 0 unspecified atom stereocenters. The minimum Gasteiger partial charge on any atom is -0.505 e. The van der Waals surface area contributed by atoms with Crippen molar-refractivity contribution in [2.75, 3.05) is 10.6 Å². The van der Waals surface area contributed by atoms with Crippen molar-refractivity contribution < 1.29 is 14.7 Å². The van der Waals surface area contributed by atoms with Crippen LogP contribution in [0.2, 0.25) is 0 Å². The number of anilines is 2. The maximum absolute atomic E-state index is 11.7. The fourth-order valence-electron chi connectivity index (χ4n) is 1.65. The molecule has 0 fully saturated rings. The Hall–Kier alpha value is -2.82. The number of aryl methyl sites for hydroxylation is 1. The first kappa shape index (κ1) is 13.6. The molecule has 5 heteroatoms. The number of benzene rings is 2. The van der Waals surface area contributed by atoms with E-state index in [0.717, 1.165) is 0 Å². The number of carbonyl (C=O) groups excluding carboxylic acids is 2. The molecule has 5 nitrogen and oxygen atoms in total. The van der Waals surface area contributed by atoms with Crippen LogP contribution in [0, 0.1) is 6.92 Å². The Labute approximate surface area is 116 Å². The molecule has 2 aromatic rings. The van der Waals surface area contributed by atoms with E-state index in [0.29, 0.717) is 11.3 Å². The molecular weight excluding hydrogens is 256 g/mol. The number of hydrogen-bond acceptors (Lipinski definition) is 3. The second-order valence-corrected chi connectivity index (χ2v) is 4.25. The summed E-state index contributed by atoms with van der Waals surface area (Å²) in [7, 11) is 0. The van der Waals surface area contributed by atoms with Gasteiger partial charge in [0.05, 0.1) is 5.69 Å². The van der Waals surface area contributed by atoms with E-state index in [1.54, 1.807) is 49.4 Å². The third-order valence-corrected chi connectivity index (χ3v) is 2.72. The second-order valence-electron chi connectivity index (χ2n) is 4.25. The number of rotatable bonds is 2. The normalized spacial score (nSPS) is 9.85. The van der Waals surface area contributed by atoms with E-state index in [1.807, 2.05) is 0 Å². The van der Waals surface area contributed by atoms with Crippen LogP contribution in [0.15, 0.2) is 48.5 Å². The molecule has 2 aromatic carbocycles. The molecule has 2 rings (SSSR count). The lowest BCUT2D eigenvalue weighted by Gasteiger charge is -2.09. The van der Waals surface area contributed by atoms with Gasteiger partial charge >= 0.3 is 11.8 Å². The largest absolute Gasteiger partial charge is 0.505 e. The average Bonchev–Trinajstić information content (AvgIpc) is 2.45. The van der Waals surface area contributed by atoms with Gasteiger partial charge in [0.1, 0.15) is 5.75 Å². The van der Waals surface area contributed by atoms with Crippen molar-refractivity contribution in [3.05, 3.63) is 54.1 Å². The highest BCUT2D eigenvalue weighted by molar-refractivity contribution is 6.43. The molecule has 0 saturated carbocycles. The minimum absolute atomic E-state index is 0.0478. The van der Waals surface area contributed by atoms with Gasteiger partial charge in [-0.15, -0.1) is 0 Å². The predicted molar refractivity (Wildman–Crippen MR) is 76.5 cm³/mol. The minimum atomic E-state index is -0.838. The predicted octanol–water partition coefficient (Wildman–Crippen LogP) is 2.28. The van der Waals surface area contributed by atoms with Gasteiger partial charge in [0.25, 0.3) is 0 Å². The van der Waals surface area contributed by atoms with Gasteiger partial charge < -0.3 is 15.7 Å². The Morgan fingerprint density at radius 2 is 1.55 bits per heavy atom. The fourth-order valence-corrected chi connectivity index (χ4v) is 1.65. The lowest BCUT2D eigenvalue weighted by Crippen LogP contribution is -2.29.